The number of fused-ring (bicyclic) bond motifs is 1. The number of aliphatic hydroxyl groups is 1. The van der Waals surface area contributed by atoms with Crippen molar-refractivity contribution < 1.29 is 20.2 Å². The van der Waals surface area contributed by atoms with Crippen LogP contribution in [-0.4, -0.2) is 33.8 Å². The van der Waals surface area contributed by atoms with Gasteiger partial charge in [0.2, 0.25) is 0 Å². The second-order valence-electron chi connectivity index (χ2n) is 4.71. The zero-order valence-electron chi connectivity index (χ0n) is 11.1. The number of ether oxygens (including phenoxy) is 1. The van der Waals surface area contributed by atoms with Crippen molar-refractivity contribution in [3.05, 3.63) is 23.3 Å². The molecule has 0 aromatic heterocycles. The topological polar surface area (TPSA) is 82.3 Å². The molecule has 0 spiro atoms. The van der Waals surface area contributed by atoms with Gasteiger partial charge in [0.05, 0.1) is 5.71 Å². The largest absolute Gasteiger partial charge is 0.504 e. The highest BCUT2D eigenvalue weighted by molar-refractivity contribution is 5.99. The molecule has 0 unspecified atom stereocenters. The van der Waals surface area contributed by atoms with Gasteiger partial charge >= 0.3 is 0 Å². The molecule has 0 aliphatic carbocycles. The molecule has 1 aliphatic heterocycles. The van der Waals surface area contributed by atoms with Crippen LogP contribution in [0.1, 0.15) is 31.9 Å². The molecule has 0 amide bonds. The quantitative estimate of drug-likeness (QED) is 0.405. The van der Waals surface area contributed by atoms with Gasteiger partial charge in [-0.05, 0) is 32.9 Å². The van der Waals surface area contributed by atoms with Crippen LogP contribution in [0.4, 0.5) is 0 Å². The van der Waals surface area contributed by atoms with E-state index in [1.54, 1.807) is 13.0 Å². The van der Waals surface area contributed by atoms with Crippen molar-refractivity contribution in [2.24, 2.45) is 5.16 Å². The molecule has 18 heavy (non-hydrogen) atoms. The lowest BCUT2D eigenvalue weighted by Crippen LogP contribution is -2.24. The molecule has 100 valence electrons. The Kier molecular flexibility index (Phi) is 4.19. The monoisotopic (exact) mass is 253 g/mol. The summed E-state index contributed by atoms with van der Waals surface area (Å²) < 4.78 is 5.64. The number of oxime groups is 1. The van der Waals surface area contributed by atoms with Gasteiger partial charge in [-0.25, -0.2) is 0 Å². The molecular weight excluding hydrogens is 234 g/mol. The zero-order valence-corrected chi connectivity index (χ0v) is 11.1. The van der Waals surface area contributed by atoms with Gasteiger partial charge in [-0.2, -0.15) is 0 Å². The van der Waals surface area contributed by atoms with Crippen molar-refractivity contribution in [1.82, 2.24) is 0 Å². The summed E-state index contributed by atoms with van der Waals surface area (Å²) in [6.45, 7) is 5.63. The number of hydrogen-bond acceptors (Lipinski definition) is 5. The number of nitrogens with zero attached hydrogens (tertiary/aromatic N) is 1. The van der Waals surface area contributed by atoms with E-state index in [0.717, 1.165) is 19.1 Å². The average Bonchev–Trinajstić information content (AvgIpc) is 2.65. The predicted molar refractivity (Wildman–Crippen MR) is 68.7 cm³/mol. The predicted octanol–water partition coefficient (Wildman–Crippen LogP) is 1.91. The first kappa shape index (κ1) is 14.3. The van der Waals surface area contributed by atoms with Crippen LogP contribution < -0.4 is 4.74 Å². The van der Waals surface area contributed by atoms with Crippen molar-refractivity contribution in [1.29, 1.82) is 0 Å². The number of rotatable bonds is 1. The molecule has 3 N–H and O–H groups in total. The SMILES string of the molecule is C/C(=N\O)c1cc(O)c2c(c1)CC(C)(C)O2.CO. The second kappa shape index (κ2) is 5.27. The molecule has 2 rings (SSSR count). The summed E-state index contributed by atoms with van der Waals surface area (Å²) in [5.74, 6) is 0.639. The standard InChI is InChI=1S/C12H15NO3.CH4O/c1-7(13-15)8-4-9-6-12(2,3)16-11(9)10(14)5-8;1-2/h4-5,14-15H,6H2,1-3H3;2H,1H3/b13-7+;. The minimum absolute atomic E-state index is 0.0982. The Morgan fingerprint density at radius 1 is 1.33 bits per heavy atom. The van der Waals surface area contributed by atoms with Gasteiger partial charge in [0, 0.05) is 24.7 Å². The zero-order chi connectivity index (χ0) is 13.9. The maximum atomic E-state index is 9.83. The molecule has 1 aromatic rings. The Morgan fingerprint density at radius 3 is 2.50 bits per heavy atom. The van der Waals surface area contributed by atoms with E-state index >= 15 is 0 Å². The third kappa shape index (κ3) is 2.73. The molecule has 1 heterocycles. The van der Waals surface area contributed by atoms with E-state index in [1.165, 1.54) is 0 Å². The van der Waals surface area contributed by atoms with Crippen LogP contribution in [0.15, 0.2) is 17.3 Å². The van der Waals surface area contributed by atoms with Crippen LogP contribution in [0.25, 0.3) is 0 Å². The van der Waals surface area contributed by atoms with Gasteiger partial charge in [-0.3, -0.25) is 0 Å². The van der Waals surface area contributed by atoms with Crippen molar-refractivity contribution in [3.8, 4) is 11.5 Å². The number of hydrogen-bond donors (Lipinski definition) is 3. The second-order valence-corrected chi connectivity index (χ2v) is 4.71. The summed E-state index contributed by atoms with van der Waals surface area (Å²) in [4.78, 5) is 0. The van der Waals surface area contributed by atoms with E-state index in [0.29, 0.717) is 17.0 Å². The lowest BCUT2D eigenvalue weighted by molar-refractivity contribution is 0.134. The number of aromatic hydroxyl groups is 1. The third-order valence-electron chi connectivity index (χ3n) is 2.71. The molecule has 0 fully saturated rings. The highest BCUT2D eigenvalue weighted by Crippen LogP contribution is 2.42. The Hall–Kier alpha value is -1.75. The van der Waals surface area contributed by atoms with Gasteiger partial charge in [-0.1, -0.05) is 5.16 Å². The molecule has 1 aliphatic rings. The summed E-state index contributed by atoms with van der Waals surface area (Å²) >= 11 is 0. The first-order valence-electron chi connectivity index (χ1n) is 5.61. The maximum absolute atomic E-state index is 9.83. The Morgan fingerprint density at radius 2 is 1.94 bits per heavy atom. The molecule has 0 saturated heterocycles. The third-order valence-corrected chi connectivity index (χ3v) is 2.71. The first-order chi connectivity index (χ1) is 8.43. The van der Waals surface area contributed by atoms with E-state index in [4.69, 9.17) is 15.1 Å². The van der Waals surface area contributed by atoms with Crippen molar-refractivity contribution in [3.63, 3.8) is 0 Å². The molecule has 0 bridgehead atoms. The smallest absolute Gasteiger partial charge is 0.165 e. The van der Waals surface area contributed by atoms with Crippen LogP contribution in [0.5, 0.6) is 11.5 Å². The molecule has 5 heteroatoms. The summed E-state index contributed by atoms with van der Waals surface area (Å²) in [5, 5.41) is 28.7. The number of aliphatic hydroxyl groups excluding tert-OH is 1. The fraction of sp³-hybridized carbons (Fsp3) is 0.462. The van der Waals surface area contributed by atoms with Crippen LogP contribution in [0, 0.1) is 0 Å². The fourth-order valence-electron chi connectivity index (χ4n) is 1.96. The molecule has 0 saturated carbocycles. The summed E-state index contributed by atoms with van der Waals surface area (Å²) in [7, 11) is 1.00. The minimum Gasteiger partial charge on any atom is -0.504 e. The van der Waals surface area contributed by atoms with Crippen molar-refractivity contribution in [2.45, 2.75) is 32.8 Å². The number of phenolic OH excluding ortho intramolecular Hbond substituents is 1. The van der Waals surface area contributed by atoms with Crippen LogP contribution >= 0.6 is 0 Å². The highest BCUT2D eigenvalue weighted by Gasteiger charge is 2.32. The normalized spacial score (nSPS) is 16.4. The Labute approximate surface area is 106 Å². The van der Waals surface area contributed by atoms with Crippen molar-refractivity contribution in [2.75, 3.05) is 7.11 Å². The fourth-order valence-corrected chi connectivity index (χ4v) is 1.96. The van der Waals surface area contributed by atoms with E-state index in [-0.39, 0.29) is 11.4 Å². The Bertz CT molecular complexity index is 466. The molecule has 5 nitrogen and oxygen atoms in total. The summed E-state index contributed by atoms with van der Waals surface area (Å²) in [6.07, 6.45) is 0.739. The van der Waals surface area contributed by atoms with Gasteiger partial charge in [0.25, 0.3) is 0 Å². The molecule has 1 aromatic carbocycles. The van der Waals surface area contributed by atoms with Gasteiger partial charge in [0.1, 0.15) is 5.60 Å². The molecule has 0 atom stereocenters. The first-order valence-corrected chi connectivity index (χ1v) is 5.61. The molecule has 0 radical (unpaired) electrons. The van der Waals surface area contributed by atoms with Crippen LogP contribution in [-0.2, 0) is 6.42 Å². The number of phenols is 1. The lowest BCUT2D eigenvalue weighted by Gasteiger charge is -2.17. The molecular formula is C13H19NO4. The average molecular weight is 253 g/mol. The lowest BCUT2D eigenvalue weighted by atomic mass is 9.99. The van der Waals surface area contributed by atoms with Crippen LogP contribution in [0.3, 0.4) is 0 Å². The van der Waals surface area contributed by atoms with Gasteiger partial charge in [-0.15, -0.1) is 0 Å². The Balaban J connectivity index is 0.000000771. The summed E-state index contributed by atoms with van der Waals surface area (Å²) in [6, 6.07) is 3.44. The van der Waals surface area contributed by atoms with Crippen LogP contribution in [0.2, 0.25) is 0 Å². The number of benzene rings is 1. The maximum Gasteiger partial charge on any atom is 0.165 e. The minimum atomic E-state index is -0.289. The van der Waals surface area contributed by atoms with E-state index in [1.807, 2.05) is 19.9 Å². The van der Waals surface area contributed by atoms with E-state index in [2.05, 4.69) is 5.16 Å². The van der Waals surface area contributed by atoms with E-state index in [9.17, 15) is 5.11 Å². The summed E-state index contributed by atoms with van der Waals surface area (Å²) in [5.41, 5.74) is 1.84. The van der Waals surface area contributed by atoms with E-state index < -0.39 is 0 Å². The van der Waals surface area contributed by atoms with Crippen molar-refractivity contribution >= 4 is 5.71 Å². The highest BCUT2D eigenvalue weighted by atomic mass is 16.5. The van der Waals surface area contributed by atoms with Gasteiger partial charge < -0.3 is 20.2 Å². The van der Waals surface area contributed by atoms with Gasteiger partial charge in [0.15, 0.2) is 11.5 Å².